The molecule has 0 amide bonds. The second-order valence-corrected chi connectivity index (χ2v) is 6.58. The van der Waals surface area contributed by atoms with Crippen molar-refractivity contribution in [2.24, 2.45) is 10.9 Å². The molecule has 5 heteroatoms. The standard InChI is InChI=1S/C17H30N4O/c1-5-13-7-6-8-14(9-13)20-17(18-4)19-11-15-10-16(12(2)3)21-22-15/h10,12-14H,5-9,11H2,1-4H3,(H2,18,19,20). The summed E-state index contributed by atoms with van der Waals surface area (Å²) in [7, 11) is 1.81. The molecule has 0 spiro atoms. The second-order valence-electron chi connectivity index (χ2n) is 6.58. The van der Waals surface area contributed by atoms with Crippen molar-refractivity contribution in [3.8, 4) is 0 Å². The highest BCUT2D eigenvalue weighted by Crippen LogP contribution is 2.26. The highest BCUT2D eigenvalue weighted by atomic mass is 16.5. The molecule has 124 valence electrons. The van der Waals surface area contributed by atoms with Crippen LogP contribution in [0.15, 0.2) is 15.6 Å². The van der Waals surface area contributed by atoms with Crippen LogP contribution in [0.25, 0.3) is 0 Å². The van der Waals surface area contributed by atoms with Gasteiger partial charge in [0, 0.05) is 19.2 Å². The summed E-state index contributed by atoms with van der Waals surface area (Å²) in [5.74, 6) is 2.95. The number of aromatic nitrogens is 1. The Morgan fingerprint density at radius 2 is 2.27 bits per heavy atom. The first-order valence-electron chi connectivity index (χ1n) is 8.55. The number of hydrogen-bond donors (Lipinski definition) is 2. The molecule has 0 bridgehead atoms. The molecule has 1 aromatic heterocycles. The predicted molar refractivity (Wildman–Crippen MR) is 90.0 cm³/mol. The molecule has 1 aliphatic rings. The lowest BCUT2D eigenvalue weighted by atomic mass is 9.84. The van der Waals surface area contributed by atoms with Crippen LogP contribution in [-0.4, -0.2) is 24.2 Å². The van der Waals surface area contributed by atoms with E-state index in [-0.39, 0.29) is 0 Å². The van der Waals surface area contributed by atoms with E-state index in [1.807, 2.05) is 13.1 Å². The van der Waals surface area contributed by atoms with Gasteiger partial charge in [0.05, 0.1) is 12.2 Å². The highest BCUT2D eigenvalue weighted by molar-refractivity contribution is 5.79. The molecule has 2 unspecified atom stereocenters. The fraction of sp³-hybridized carbons (Fsp3) is 0.765. The summed E-state index contributed by atoms with van der Waals surface area (Å²) in [6.07, 6.45) is 6.44. The highest BCUT2D eigenvalue weighted by Gasteiger charge is 2.21. The summed E-state index contributed by atoms with van der Waals surface area (Å²) in [6.45, 7) is 7.13. The van der Waals surface area contributed by atoms with Gasteiger partial charge in [0.1, 0.15) is 0 Å². The number of nitrogens with zero attached hydrogens (tertiary/aromatic N) is 2. The van der Waals surface area contributed by atoms with Gasteiger partial charge in [-0.2, -0.15) is 0 Å². The van der Waals surface area contributed by atoms with Crippen LogP contribution in [0.3, 0.4) is 0 Å². The van der Waals surface area contributed by atoms with Gasteiger partial charge in [-0.15, -0.1) is 0 Å². The van der Waals surface area contributed by atoms with E-state index in [4.69, 9.17) is 4.52 Å². The molecule has 22 heavy (non-hydrogen) atoms. The second kappa shape index (κ2) is 8.20. The Labute approximate surface area is 133 Å². The summed E-state index contributed by atoms with van der Waals surface area (Å²) in [5, 5.41) is 11.0. The summed E-state index contributed by atoms with van der Waals surface area (Å²) in [6, 6.07) is 2.55. The Morgan fingerprint density at radius 1 is 1.45 bits per heavy atom. The molecule has 0 aromatic carbocycles. The van der Waals surface area contributed by atoms with Crippen molar-refractivity contribution in [3.05, 3.63) is 17.5 Å². The van der Waals surface area contributed by atoms with Crippen molar-refractivity contribution >= 4 is 5.96 Å². The van der Waals surface area contributed by atoms with Gasteiger partial charge in [-0.25, -0.2) is 0 Å². The van der Waals surface area contributed by atoms with Crippen molar-refractivity contribution in [2.45, 2.75) is 71.4 Å². The summed E-state index contributed by atoms with van der Waals surface area (Å²) in [4.78, 5) is 4.32. The van der Waals surface area contributed by atoms with Crippen LogP contribution in [-0.2, 0) is 6.54 Å². The van der Waals surface area contributed by atoms with Crippen LogP contribution in [0.2, 0.25) is 0 Å². The summed E-state index contributed by atoms with van der Waals surface area (Å²) >= 11 is 0. The summed E-state index contributed by atoms with van der Waals surface area (Å²) in [5.41, 5.74) is 0.998. The monoisotopic (exact) mass is 306 g/mol. The van der Waals surface area contributed by atoms with Gasteiger partial charge < -0.3 is 15.2 Å². The van der Waals surface area contributed by atoms with E-state index in [0.717, 1.165) is 23.3 Å². The van der Waals surface area contributed by atoms with Gasteiger partial charge >= 0.3 is 0 Å². The van der Waals surface area contributed by atoms with Gasteiger partial charge in [-0.05, 0) is 24.7 Å². The minimum Gasteiger partial charge on any atom is -0.359 e. The molecule has 2 rings (SSSR count). The molecule has 1 fully saturated rings. The maximum absolute atomic E-state index is 5.35. The number of guanidine groups is 1. The fourth-order valence-electron chi connectivity index (χ4n) is 3.04. The van der Waals surface area contributed by atoms with Crippen molar-refractivity contribution in [2.75, 3.05) is 7.05 Å². The molecule has 0 radical (unpaired) electrons. The van der Waals surface area contributed by atoms with E-state index in [0.29, 0.717) is 18.5 Å². The SMILES string of the molecule is CCC1CCCC(NC(=NC)NCc2cc(C(C)C)no2)C1. The molecule has 1 heterocycles. The normalized spacial score (nSPS) is 22.9. The molecular weight excluding hydrogens is 276 g/mol. The molecule has 1 aromatic rings. The molecule has 2 N–H and O–H groups in total. The maximum Gasteiger partial charge on any atom is 0.191 e. The van der Waals surface area contributed by atoms with Crippen molar-refractivity contribution in [3.63, 3.8) is 0 Å². The van der Waals surface area contributed by atoms with E-state index in [1.54, 1.807) is 0 Å². The smallest absolute Gasteiger partial charge is 0.191 e. The van der Waals surface area contributed by atoms with Gasteiger partial charge in [0.15, 0.2) is 11.7 Å². The van der Waals surface area contributed by atoms with Crippen LogP contribution >= 0.6 is 0 Å². The molecule has 0 aliphatic heterocycles. The van der Waals surface area contributed by atoms with Crippen LogP contribution in [0.5, 0.6) is 0 Å². The van der Waals surface area contributed by atoms with Crippen molar-refractivity contribution in [1.29, 1.82) is 0 Å². The minimum atomic E-state index is 0.392. The van der Waals surface area contributed by atoms with Crippen molar-refractivity contribution < 1.29 is 4.52 Å². The first-order valence-corrected chi connectivity index (χ1v) is 8.55. The molecule has 0 saturated heterocycles. The van der Waals surface area contributed by atoms with Gasteiger partial charge in [0.25, 0.3) is 0 Å². The Hall–Kier alpha value is -1.52. The first kappa shape index (κ1) is 16.8. The minimum absolute atomic E-state index is 0.392. The Morgan fingerprint density at radius 3 is 2.91 bits per heavy atom. The van der Waals surface area contributed by atoms with E-state index in [1.165, 1.54) is 32.1 Å². The molecule has 2 atom stereocenters. The van der Waals surface area contributed by atoms with Gasteiger partial charge in [-0.3, -0.25) is 4.99 Å². The maximum atomic E-state index is 5.35. The zero-order valence-corrected chi connectivity index (χ0v) is 14.4. The quantitative estimate of drug-likeness (QED) is 0.646. The Kier molecular flexibility index (Phi) is 6.28. The third-order valence-electron chi connectivity index (χ3n) is 4.52. The number of hydrogen-bond acceptors (Lipinski definition) is 3. The Balaban J connectivity index is 1.81. The number of nitrogens with one attached hydrogen (secondary N) is 2. The lowest BCUT2D eigenvalue weighted by molar-refractivity contribution is 0.298. The summed E-state index contributed by atoms with van der Waals surface area (Å²) < 4.78 is 5.35. The third kappa shape index (κ3) is 4.75. The van der Waals surface area contributed by atoms with E-state index in [2.05, 4.69) is 41.6 Å². The molecular formula is C17H30N4O. The number of rotatable bonds is 5. The lowest BCUT2D eigenvalue weighted by Crippen LogP contribution is -2.44. The van der Waals surface area contributed by atoms with Gasteiger partial charge in [0.2, 0.25) is 0 Å². The zero-order valence-electron chi connectivity index (χ0n) is 14.4. The van der Waals surface area contributed by atoms with Crippen LogP contribution in [0.1, 0.15) is 70.2 Å². The fourth-order valence-corrected chi connectivity index (χ4v) is 3.04. The molecule has 1 aliphatic carbocycles. The Bertz CT molecular complexity index is 481. The average Bonchev–Trinajstić information content (AvgIpc) is 3.01. The molecule has 1 saturated carbocycles. The van der Waals surface area contributed by atoms with Crippen molar-refractivity contribution in [1.82, 2.24) is 15.8 Å². The topological polar surface area (TPSA) is 62.5 Å². The lowest BCUT2D eigenvalue weighted by Gasteiger charge is -2.30. The average molecular weight is 306 g/mol. The van der Waals surface area contributed by atoms with Crippen LogP contribution in [0, 0.1) is 5.92 Å². The van der Waals surface area contributed by atoms with Crippen LogP contribution < -0.4 is 10.6 Å². The largest absolute Gasteiger partial charge is 0.359 e. The van der Waals surface area contributed by atoms with Gasteiger partial charge in [-0.1, -0.05) is 45.2 Å². The predicted octanol–water partition coefficient (Wildman–Crippen LogP) is 3.43. The zero-order chi connectivity index (χ0) is 15.9. The van der Waals surface area contributed by atoms with Crippen LogP contribution in [0.4, 0.5) is 0 Å². The van der Waals surface area contributed by atoms with E-state index in [9.17, 15) is 0 Å². The third-order valence-corrected chi connectivity index (χ3v) is 4.52. The first-order chi connectivity index (χ1) is 10.6. The van der Waals surface area contributed by atoms with E-state index >= 15 is 0 Å². The van der Waals surface area contributed by atoms with E-state index < -0.39 is 0 Å². The number of aliphatic imine (C=N–C) groups is 1. The molecule has 5 nitrogen and oxygen atoms in total.